The van der Waals surface area contributed by atoms with E-state index in [0.29, 0.717) is 0 Å². The second kappa shape index (κ2) is 3.75. The highest BCUT2D eigenvalue weighted by Gasteiger charge is 2.02. The molecule has 0 radical (unpaired) electrons. The largest absolute Gasteiger partial charge is 0.353 e. The molecule has 0 unspecified atom stereocenters. The van der Waals surface area contributed by atoms with Gasteiger partial charge in [-0.2, -0.15) is 0 Å². The Kier molecular flexibility index (Phi) is 2.26. The van der Waals surface area contributed by atoms with Gasteiger partial charge in [-0.3, -0.25) is 15.8 Å². The number of nitrogens with one attached hydrogen (secondary N) is 3. The van der Waals surface area contributed by atoms with Crippen LogP contribution in [0.25, 0.3) is 0 Å². The normalized spacial score (nSPS) is 14.6. The van der Waals surface area contributed by atoms with Gasteiger partial charge < -0.3 is 5.32 Å². The number of pyridine rings is 1. The first-order valence-corrected chi connectivity index (χ1v) is 4.16. The van der Waals surface area contributed by atoms with E-state index in [-0.39, 0.29) is 0 Å². The van der Waals surface area contributed by atoms with Gasteiger partial charge in [-0.25, -0.2) is 4.98 Å². The summed E-state index contributed by atoms with van der Waals surface area (Å²) in [5.74, 6) is 1.55. The second-order valence-corrected chi connectivity index (χ2v) is 2.62. The van der Waals surface area contributed by atoms with Crippen molar-refractivity contribution in [2.45, 2.75) is 0 Å². The minimum absolute atomic E-state index is 0.769. The smallest absolute Gasteiger partial charge is 0.210 e. The Morgan fingerprint density at radius 1 is 1.31 bits per heavy atom. The molecule has 3 N–H and O–H groups in total. The van der Waals surface area contributed by atoms with Gasteiger partial charge in [0.1, 0.15) is 5.82 Å². The van der Waals surface area contributed by atoms with Crippen molar-refractivity contribution in [1.29, 1.82) is 0 Å². The number of guanidine groups is 1. The van der Waals surface area contributed by atoms with Crippen LogP contribution < -0.4 is 16.2 Å². The molecular weight excluding hydrogens is 166 g/mol. The molecule has 0 saturated heterocycles. The Balaban J connectivity index is 1.86. The summed E-state index contributed by atoms with van der Waals surface area (Å²) in [5.41, 5.74) is 5.86. The van der Waals surface area contributed by atoms with Crippen LogP contribution >= 0.6 is 0 Å². The van der Waals surface area contributed by atoms with Crippen molar-refractivity contribution in [2.24, 2.45) is 4.99 Å². The van der Waals surface area contributed by atoms with Crippen molar-refractivity contribution >= 4 is 11.8 Å². The molecule has 1 aliphatic rings. The van der Waals surface area contributed by atoms with Gasteiger partial charge in [0.25, 0.3) is 0 Å². The molecule has 1 aromatic rings. The van der Waals surface area contributed by atoms with Gasteiger partial charge in [0.05, 0.1) is 6.54 Å². The van der Waals surface area contributed by atoms with Crippen LogP contribution in [0.3, 0.4) is 0 Å². The van der Waals surface area contributed by atoms with Crippen LogP contribution in [0, 0.1) is 0 Å². The standard InChI is InChI=1S/C8H11N5/c1-2-4-9-7(3-1)12-13-8-10-5-6-11-8/h1-4H,5-6H2,(H,9,12)(H2,10,11,13). The van der Waals surface area contributed by atoms with Gasteiger partial charge in [-0.1, -0.05) is 6.07 Å². The molecule has 0 bridgehead atoms. The summed E-state index contributed by atoms with van der Waals surface area (Å²) >= 11 is 0. The van der Waals surface area contributed by atoms with E-state index in [2.05, 4.69) is 26.1 Å². The highest BCUT2D eigenvalue weighted by Crippen LogP contribution is 1.96. The second-order valence-electron chi connectivity index (χ2n) is 2.62. The molecule has 2 rings (SSSR count). The van der Waals surface area contributed by atoms with Crippen LogP contribution in [0.2, 0.25) is 0 Å². The maximum Gasteiger partial charge on any atom is 0.210 e. The average molecular weight is 177 g/mol. The molecule has 68 valence electrons. The molecule has 0 aromatic carbocycles. The van der Waals surface area contributed by atoms with E-state index in [4.69, 9.17) is 0 Å². The predicted octanol–water partition coefficient (Wildman–Crippen LogP) is -0.0427. The lowest BCUT2D eigenvalue weighted by atomic mass is 10.5. The van der Waals surface area contributed by atoms with E-state index in [9.17, 15) is 0 Å². The van der Waals surface area contributed by atoms with E-state index >= 15 is 0 Å². The van der Waals surface area contributed by atoms with E-state index in [0.717, 1.165) is 24.9 Å². The van der Waals surface area contributed by atoms with Crippen LogP contribution in [0.5, 0.6) is 0 Å². The van der Waals surface area contributed by atoms with Crippen LogP contribution in [0.15, 0.2) is 29.4 Å². The Morgan fingerprint density at radius 2 is 2.31 bits per heavy atom. The number of aromatic nitrogens is 1. The molecular formula is C8H11N5. The van der Waals surface area contributed by atoms with Crippen molar-refractivity contribution in [2.75, 3.05) is 18.5 Å². The summed E-state index contributed by atoms with van der Waals surface area (Å²) < 4.78 is 0. The minimum atomic E-state index is 0.769. The van der Waals surface area contributed by atoms with Crippen LogP contribution in [0.4, 0.5) is 5.82 Å². The fourth-order valence-electron chi connectivity index (χ4n) is 1.04. The Morgan fingerprint density at radius 3 is 3.00 bits per heavy atom. The van der Waals surface area contributed by atoms with E-state index in [1.54, 1.807) is 6.20 Å². The molecule has 1 aromatic heterocycles. The molecule has 5 heteroatoms. The third-order valence-electron chi connectivity index (χ3n) is 1.65. The Labute approximate surface area is 76.3 Å². The third-order valence-corrected chi connectivity index (χ3v) is 1.65. The number of aliphatic imine (C=N–C) groups is 1. The third kappa shape index (κ3) is 2.08. The SMILES string of the molecule is c1ccc(NNC2=NCCN2)nc1. The molecule has 0 atom stereocenters. The lowest BCUT2D eigenvalue weighted by Crippen LogP contribution is -2.37. The summed E-state index contributed by atoms with van der Waals surface area (Å²) in [6.45, 7) is 1.72. The molecule has 0 saturated carbocycles. The quantitative estimate of drug-likeness (QED) is 0.555. The number of nitrogens with zero attached hydrogens (tertiary/aromatic N) is 2. The molecule has 13 heavy (non-hydrogen) atoms. The fourth-order valence-corrected chi connectivity index (χ4v) is 1.04. The zero-order chi connectivity index (χ0) is 8.93. The van der Waals surface area contributed by atoms with Gasteiger partial charge in [0.2, 0.25) is 5.96 Å². The van der Waals surface area contributed by atoms with Crippen molar-refractivity contribution in [1.82, 2.24) is 15.7 Å². The summed E-state index contributed by atoms with van der Waals surface area (Å²) in [6.07, 6.45) is 1.73. The highest BCUT2D eigenvalue weighted by atomic mass is 15.5. The first-order valence-electron chi connectivity index (χ1n) is 4.16. The monoisotopic (exact) mass is 177 g/mol. The van der Waals surface area contributed by atoms with Crippen molar-refractivity contribution in [3.05, 3.63) is 24.4 Å². The highest BCUT2D eigenvalue weighted by molar-refractivity contribution is 5.82. The topological polar surface area (TPSA) is 61.3 Å². The fraction of sp³-hybridized carbons (Fsp3) is 0.250. The number of anilines is 1. The molecule has 1 aliphatic heterocycles. The molecule has 0 amide bonds. The molecule has 5 nitrogen and oxygen atoms in total. The molecule has 2 heterocycles. The summed E-state index contributed by atoms with van der Waals surface area (Å²) in [4.78, 5) is 8.24. The summed E-state index contributed by atoms with van der Waals surface area (Å²) in [6, 6.07) is 5.67. The maximum absolute atomic E-state index is 4.15. The maximum atomic E-state index is 4.15. The molecule has 0 spiro atoms. The van der Waals surface area contributed by atoms with Gasteiger partial charge in [-0.05, 0) is 12.1 Å². The van der Waals surface area contributed by atoms with E-state index in [1.165, 1.54) is 0 Å². The van der Waals surface area contributed by atoms with Crippen LogP contribution in [0.1, 0.15) is 0 Å². The van der Waals surface area contributed by atoms with Crippen molar-refractivity contribution in [3.8, 4) is 0 Å². The van der Waals surface area contributed by atoms with Crippen molar-refractivity contribution < 1.29 is 0 Å². The summed E-state index contributed by atoms with van der Waals surface area (Å²) in [7, 11) is 0. The zero-order valence-electron chi connectivity index (χ0n) is 7.12. The van der Waals surface area contributed by atoms with E-state index in [1.807, 2.05) is 18.2 Å². The lowest BCUT2D eigenvalue weighted by Gasteiger charge is -2.07. The zero-order valence-corrected chi connectivity index (χ0v) is 7.12. The lowest BCUT2D eigenvalue weighted by molar-refractivity contribution is 0.934. The van der Waals surface area contributed by atoms with Gasteiger partial charge in [0.15, 0.2) is 0 Å². The Bertz CT molecular complexity index is 295. The summed E-state index contributed by atoms with van der Waals surface area (Å²) in [5, 5.41) is 3.08. The number of hydrogen-bond donors (Lipinski definition) is 3. The first kappa shape index (κ1) is 7.85. The predicted molar refractivity (Wildman–Crippen MR) is 51.3 cm³/mol. The van der Waals surface area contributed by atoms with Crippen LogP contribution in [-0.4, -0.2) is 24.0 Å². The van der Waals surface area contributed by atoms with Gasteiger partial charge in [0, 0.05) is 12.7 Å². The average Bonchev–Trinajstić information content (AvgIpc) is 2.69. The Hall–Kier alpha value is -1.78. The molecule has 0 aliphatic carbocycles. The number of hydrogen-bond acceptors (Lipinski definition) is 5. The number of rotatable bonds is 2. The number of hydrazine groups is 1. The van der Waals surface area contributed by atoms with Crippen molar-refractivity contribution in [3.63, 3.8) is 0 Å². The minimum Gasteiger partial charge on any atom is -0.353 e. The van der Waals surface area contributed by atoms with Gasteiger partial charge in [-0.15, -0.1) is 0 Å². The van der Waals surface area contributed by atoms with E-state index < -0.39 is 0 Å². The van der Waals surface area contributed by atoms with Gasteiger partial charge >= 0.3 is 0 Å². The van der Waals surface area contributed by atoms with Crippen LogP contribution in [-0.2, 0) is 0 Å². The molecule has 0 fully saturated rings. The first-order chi connectivity index (χ1) is 6.45.